The van der Waals surface area contributed by atoms with Crippen LogP contribution in [0.25, 0.3) is 22.0 Å². The molecule has 0 atom stereocenters. The highest BCUT2D eigenvalue weighted by Crippen LogP contribution is 2.32. The van der Waals surface area contributed by atoms with Gasteiger partial charge in [0, 0.05) is 43.3 Å². The van der Waals surface area contributed by atoms with Gasteiger partial charge in [-0.2, -0.15) is 0 Å². The summed E-state index contributed by atoms with van der Waals surface area (Å²) < 4.78 is 31.0. The molecular weight excluding hydrogens is 392 g/mol. The maximum atomic E-state index is 11.7. The number of fused-ring (bicyclic) bond motifs is 1. The third kappa shape index (κ3) is 4.22. The zero-order chi connectivity index (χ0) is 20.4. The lowest BCUT2D eigenvalue weighted by molar-refractivity contribution is 0.400. The Morgan fingerprint density at radius 2 is 1.90 bits per heavy atom. The van der Waals surface area contributed by atoms with Gasteiger partial charge in [-0.1, -0.05) is 6.07 Å². The standard InChI is InChI=1S/C19H22N6O3S/c1-28-19-17(24-29(2,26)27)10-14(11-21-19)13-3-4-16-15(9-13)18(23-12-22-16)25-7-5-20-6-8-25/h3-4,9-12,20,24H,5-8H2,1-2H3. The number of sulfonamides is 1. The number of nitrogens with one attached hydrogen (secondary N) is 2. The molecule has 0 saturated carbocycles. The smallest absolute Gasteiger partial charge is 0.238 e. The van der Waals surface area contributed by atoms with Crippen LogP contribution in [0.1, 0.15) is 0 Å². The minimum absolute atomic E-state index is 0.213. The first-order valence-electron chi connectivity index (χ1n) is 9.17. The van der Waals surface area contributed by atoms with E-state index in [1.54, 1.807) is 18.6 Å². The zero-order valence-electron chi connectivity index (χ0n) is 16.2. The Hall–Kier alpha value is -2.98. The van der Waals surface area contributed by atoms with Gasteiger partial charge in [-0.05, 0) is 23.8 Å². The van der Waals surface area contributed by atoms with Crippen LogP contribution in [0.15, 0.2) is 36.8 Å². The van der Waals surface area contributed by atoms with E-state index in [2.05, 4.69) is 29.9 Å². The maximum absolute atomic E-state index is 11.7. The maximum Gasteiger partial charge on any atom is 0.238 e. The van der Waals surface area contributed by atoms with Crippen LogP contribution in [0.5, 0.6) is 5.88 Å². The minimum Gasteiger partial charge on any atom is -0.480 e. The van der Waals surface area contributed by atoms with E-state index in [9.17, 15) is 8.42 Å². The molecule has 1 aromatic carbocycles. The number of nitrogens with zero attached hydrogens (tertiary/aromatic N) is 4. The molecule has 1 saturated heterocycles. The predicted octanol–water partition coefficient (Wildman–Crippen LogP) is 1.48. The SMILES string of the molecule is COc1ncc(-c2ccc3ncnc(N4CCNCC4)c3c2)cc1NS(C)(=O)=O. The number of methoxy groups -OCH3 is 1. The van der Waals surface area contributed by atoms with Crippen LogP contribution >= 0.6 is 0 Å². The number of hydrogen-bond acceptors (Lipinski definition) is 8. The molecule has 9 nitrogen and oxygen atoms in total. The first-order chi connectivity index (χ1) is 13.9. The molecule has 0 spiro atoms. The van der Waals surface area contributed by atoms with Crippen molar-refractivity contribution in [2.75, 3.05) is 49.2 Å². The molecule has 0 unspecified atom stereocenters. The van der Waals surface area contributed by atoms with E-state index < -0.39 is 10.0 Å². The number of piperazine rings is 1. The highest BCUT2D eigenvalue weighted by Gasteiger charge is 2.16. The van der Waals surface area contributed by atoms with E-state index in [0.717, 1.165) is 60.3 Å². The first kappa shape index (κ1) is 19.3. The lowest BCUT2D eigenvalue weighted by Crippen LogP contribution is -2.44. The summed E-state index contributed by atoms with van der Waals surface area (Å²) in [7, 11) is -2.02. The average Bonchev–Trinajstić information content (AvgIpc) is 2.72. The molecule has 1 aliphatic heterocycles. The van der Waals surface area contributed by atoms with Gasteiger partial charge in [-0.15, -0.1) is 0 Å². The summed E-state index contributed by atoms with van der Waals surface area (Å²) in [6.45, 7) is 3.58. The molecule has 0 bridgehead atoms. The molecule has 152 valence electrons. The quantitative estimate of drug-likeness (QED) is 0.646. The van der Waals surface area contributed by atoms with Gasteiger partial charge in [-0.25, -0.2) is 23.4 Å². The lowest BCUT2D eigenvalue weighted by atomic mass is 10.0. The summed E-state index contributed by atoms with van der Waals surface area (Å²) in [5.41, 5.74) is 2.79. The summed E-state index contributed by atoms with van der Waals surface area (Å²) in [5, 5.41) is 4.29. The molecule has 1 aliphatic rings. The fourth-order valence-corrected chi connectivity index (χ4v) is 3.94. The van der Waals surface area contributed by atoms with Crippen molar-refractivity contribution < 1.29 is 13.2 Å². The third-order valence-electron chi connectivity index (χ3n) is 4.70. The molecule has 0 radical (unpaired) electrons. The number of pyridine rings is 1. The first-order valence-corrected chi connectivity index (χ1v) is 11.1. The lowest BCUT2D eigenvalue weighted by Gasteiger charge is -2.29. The van der Waals surface area contributed by atoms with Crippen molar-refractivity contribution in [2.24, 2.45) is 0 Å². The highest BCUT2D eigenvalue weighted by molar-refractivity contribution is 7.92. The average molecular weight is 414 g/mol. The van der Waals surface area contributed by atoms with Crippen LogP contribution in [0.2, 0.25) is 0 Å². The van der Waals surface area contributed by atoms with Gasteiger partial charge >= 0.3 is 0 Å². The predicted molar refractivity (Wildman–Crippen MR) is 113 cm³/mol. The number of hydrogen-bond donors (Lipinski definition) is 2. The molecule has 10 heteroatoms. The second-order valence-electron chi connectivity index (χ2n) is 6.82. The molecular formula is C19H22N6O3S. The van der Waals surface area contributed by atoms with Crippen molar-refractivity contribution in [2.45, 2.75) is 0 Å². The van der Waals surface area contributed by atoms with E-state index in [1.807, 2.05) is 18.2 Å². The summed E-state index contributed by atoms with van der Waals surface area (Å²) in [6, 6.07) is 7.60. The Morgan fingerprint density at radius 3 is 2.62 bits per heavy atom. The van der Waals surface area contributed by atoms with Crippen molar-refractivity contribution in [1.82, 2.24) is 20.3 Å². The monoisotopic (exact) mass is 414 g/mol. The largest absolute Gasteiger partial charge is 0.480 e. The fraction of sp³-hybridized carbons (Fsp3) is 0.316. The van der Waals surface area contributed by atoms with Crippen LogP contribution in [0.3, 0.4) is 0 Å². The van der Waals surface area contributed by atoms with Gasteiger partial charge in [0.05, 0.1) is 18.9 Å². The summed E-state index contributed by atoms with van der Waals surface area (Å²) in [6.07, 6.45) is 4.33. The van der Waals surface area contributed by atoms with Crippen molar-refractivity contribution in [3.8, 4) is 17.0 Å². The minimum atomic E-state index is -3.47. The Balaban J connectivity index is 1.79. The Morgan fingerprint density at radius 1 is 1.10 bits per heavy atom. The number of anilines is 2. The van der Waals surface area contributed by atoms with E-state index >= 15 is 0 Å². The van der Waals surface area contributed by atoms with Crippen LogP contribution in [-0.4, -0.2) is 62.9 Å². The van der Waals surface area contributed by atoms with Crippen LogP contribution < -0.4 is 19.7 Å². The van der Waals surface area contributed by atoms with Gasteiger partial charge < -0.3 is 15.0 Å². The second kappa shape index (κ2) is 7.80. The topological polar surface area (TPSA) is 109 Å². The number of aromatic nitrogens is 3. The molecule has 2 N–H and O–H groups in total. The Labute approximate surface area is 169 Å². The van der Waals surface area contributed by atoms with Gasteiger partial charge in [-0.3, -0.25) is 4.72 Å². The van der Waals surface area contributed by atoms with E-state index in [4.69, 9.17) is 4.74 Å². The summed E-state index contributed by atoms with van der Waals surface area (Å²) in [5.74, 6) is 1.11. The van der Waals surface area contributed by atoms with E-state index in [-0.39, 0.29) is 5.88 Å². The van der Waals surface area contributed by atoms with E-state index in [0.29, 0.717) is 5.69 Å². The molecule has 3 heterocycles. The molecule has 4 rings (SSSR count). The molecule has 2 aromatic heterocycles. The molecule has 0 aliphatic carbocycles. The number of rotatable bonds is 5. The van der Waals surface area contributed by atoms with Gasteiger partial charge in [0.1, 0.15) is 17.8 Å². The third-order valence-corrected chi connectivity index (χ3v) is 5.29. The zero-order valence-corrected chi connectivity index (χ0v) is 17.0. The summed E-state index contributed by atoms with van der Waals surface area (Å²) in [4.78, 5) is 15.4. The normalized spacial score (nSPS) is 14.8. The second-order valence-corrected chi connectivity index (χ2v) is 8.57. The van der Waals surface area contributed by atoms with Crippen molar-refractivity contribution in [3.63, 3.8) is 0 Å². The van der Waals surface area contributed by atoms with Crippen molar-refractivity contribution in [3.05, 3.63) is 36.8 Å². The highest BCUT2D eigenvalue weighted by atomic mass is 32.2. The van der Waals surface area contributed by atoms with Crippen molar-refractivity contribution >= 4 is 32.4 Å². The van der Waals surface area contributed by atoms with Crippen LogP contribution in [0.4, 0.5) is 11.5 Å². The summed E-state index contributed by atoms with van der Waals surface area (Å²) >= 11 is 0. The Bertz CT molecular complexity index is 1150. The van der Waals surface area contributed by atoms with Gasteiger partial charge in [0.2, 0.25) is 15.9 Å². The number of ether oxygens (including phenoxy) is 1. The number of benzene rings is 1. The molecule has 29 heavy (non-hydrogen) atoms. The van der Waals surface area contributed by atoms with Crippen molar-refractivity contribution in [1.29, 1.82) is 0 Å². The van der Waals surface area contributed by atoms with Crippen LogP contribution in [0, 0.1) is 0 Å². The van der Waals surface area contributed by atoms with Gasteiger partial charge in [0.25, 0.3) is 0 Å². The van der Waals surface area contributed by atoms with Gasteiger partial charge in [0.15, 0.2) is 0 Å². The molecule has 1 fully saturated rings. The Kier molecular flexibility index (Phi) is 5.20. The van der Waals surface area contributed by atoms with E-state index in [1.165, 1.54) is 7.11 Å². The molecule has 3 aromatic rings. The molecule has 0 amide bonds. The fourth-order valence-electron chi connectivity index (χ4n) is 3.40. The van der Waals surface area contributed by atoms with Crippen LogP contribution in [-0.2, 0) is 10.0 Å².